The third-order valence-corrected chi connectivity index (χ3v) is 9.56. The van der Waals surface area contributed by atoms with Crippen molar-refractivity contribution >= 4 is 34.5 Å². The van der Waals surface area contributed by atoms with E-state index in [0.717, 1.165) is 12.6 Å². The SMILES string of the molecule is CCCC/C(=C\c1ccccc1)CP(=S)(c1ccccc1)c1ccccc1. The smallest absolute Gasteiger partial charge is 0.0144 e. The highest BCUT2D eigenvalue weighted by Crippen LogP contribution is 2.46. The van der Waals surface area contributed by atoms with E-state index in [9.17, 15) is 0 Å². The molecule has 138 valence electrons. The van der Waals surface area contributed by atoms with Gasteiger partial charge in [-0.15, -0.1) is 0 Å². The quantitative estimate of drug-likeness (QED) is 0.402. The van der Waals surface area contributed by atoms with Gasteiger partial charge in [-0.25, -0.2) is 0 Å². The van der Waals surface area contributed by atoms with Crippen LogP contribution < -0.4 is 10.6 Å². The summed E-state index contributed by atoms with van der Waals surface area (Å²) in [6, 6.07) is 30.2. The van der Waals surface area contributed by atoms with Crippen LogP contribution in [-0.4, -0.2) is 6.16 Å². The molecule has 0 N–H and O–H groups in total. The predicted molar refractivity (Wildman–Crippen MR) is 125 cm³/mol. The lowest BCUT2D eigenvalue weighted by atomic mass is 10.1. The molecule has 3 aromatic carbocycles. The van der Waals surface area contributed by atoms with Crippen LogP contribution in [0.5, 0.6) is 0 Å². The van der Waals surface area contributed by atoms with E-state index in [0.29, 0.717) is 0 Å². The van der Waals surface area contributed by atoms with Crippen LogP contribution in [0, 0.1) is 0 Å². The lowest BCUT2D eigenvalue weighted by Gasteiger charge is -2.25. The highest BCUT2D eigenvalue weighted by atomic mass is 32.4. The van der Waals surface area contributed by atoms with Crippen LogP contribution in [0.2, 0.25) is 0 Å². The first-order valence-corrected chi connectivity index (χ1v) is 12.7. The molecule has 0 amide bonds. The molecule has 0 heterocycles. The summed E-state index contributed by atoms with van der Waals surface area (Å²) in [6.45, 7) is 2.25. The van der Waals surface area contributed by atoms with Crippen molar-refractivity contribution in [2.24, 2.45) is 0 Å². The van der Waals surface area contributed by atoms with Gasteiger partial charge in [0.05, 0.1) is 0 Å². The summed E-state index contributed by atoms with van der Waals surface area (Å²) in [6.07, 6.45) is 6.85. The largest absolute Gasteiger partial charge is 0.0873 e. The lowest BCUT2D eigenvalue weighted by molar-refractivity contribution is 0.792. The molecule has 0 aliphatic heterocycles. The number of unbranched alkanes of at least 4 members (excludes halogenated alkanes) is 1. The molecule has 27 heavy (non-hydrogen) atoms. The van der Waals surface area contributed by atoms with Crippen molar-refractivity contribution in [3.05, 3.63) is 102 Å². The van der Waals surface area contributed by atoms with Gasteiger partial charge in [-0.3, -0.25) is 0 Å². The van der Waals surface area contributed by atoms with Gasteiger partial charge in [0.2, 0.25) is 0 Å². The molecule has 0 saturated heterocycles. The summed E-state index contributed by atoms with van der Waals surface area (Å²) >= 11 is 6.45. The second-order valence-corrected chi connectivity index (χ2v) is 11.6. The van der Waals surface area contributed by atoms with Gasteiger partial charge in [0.25, 0.3) is 0 Å². The average Bonchev–Trinajstić information content (AvgIpc) is 2.74. The highest BCUT2D eigenvalue weighted by Gasteiger charge is 2.23. The molecule has 3 rings (SSSR count). The average molecular weight is 391 g/mol. The van der Waals surface area contributed by atoms with E-state index in [1.807, 2.05) is 0 Å². The topological polar surface area (TPSA) is 0 Å². The molecule has 0 nitrogen and oxygen atoms in total. The molecular formula is C25H27PS. The first kappa shape index (κ1) is 19.8. The zero-order valence-electron chi connectivity index (χ0n) is 15.9. The van der Waals surface area contributed by atoms with Gasteiger partial charge in [0.1, 0.15) is 0 Å². The molecule has 0 atom stereocenters. The minimum absolute atomic E-state index is 0.964. The first-order chi connectivity index (χ1) is 13.2. The van der Waals surface area contributed by atoms with E-state index in [1.54, 1.807) is 0 Å². The van der Waals surface area contributed by atoms with Crippen LogP contribution in [0.25, 0.3) is 6.08 Å². The molecular weight excluding hydrogens is 363 g/mol. The third kappa shape index (κ3) is 5.28. The molecule has 0 unspecified atom stereocenters. The Hall–Kier alpha value is -1.95. The summed E-state index contributed by atoms with van der Waals surface area (Å²) in [5, 5.41) is 2.61. The normalized spacial score (nSPS) is 12.1. The monoisotopic (exact) mass is 390 g/mol. The second kappa shape index (κ2) is 9.83. The van der Waals surface area contributed by atoms with Gasteiger partial charge < -0.3 is 0 Å². The maximum Gasteiger partial charge on any atom is 0.0144 e. The molecule has 0 aliphatic carbocycles. The van der Waals surface area contributed by atoms with Crippen LogP contribution in [0.3, 0.4) is 0 Å². The Morgan fingerprint density at radius 2 is 1.26 bits per heavy atom. The molecule has 0 aliphatic rings. The van der Waals surface area contributed by atoms with Crippen LogP contribution in [0.15, 0.2) is 96.6 Å². The number of rotatable bonds is 8. The van der Waals surface area contributed by atoms with Crippen molar-refractivity contribution < 1.29 is 0 Å². The number of allylic oxidation sites excluding steroid dienone is 1. The van der Waals surface area contributed by atoms with Gasteiger partial charge >= 0.3 is 0 Å². The Labute approximate surface area is 169 Å². The summed E-state index contributed by atoms with van der Waals surface area (Å²) in [5.41, 5.74) is 2.74. The minimum Gasteiger partial charge on any atom is -0.0873 e. The lowest BCUT2D eigenvalue weighted by Crippen LogP contribution is -2.19. The van der Waals surface area contributed by atoms with Gasteiger partial charge in [-0.1, -0.05) is 128 Å². The predicted octanol–water partition coefficient (Wildman–Crippen LogP) is 6.39. The number of hydrogen-bond donors (Lipinski definition) is 0. The van der Waals surface area contributed by atoms with E-state index in [-0.39, 0.29) is 0 Å². The molecule has 3 aromatic rings. The van der Waals surface area contributed by atoms with E-state index in [1.165, 1.54) is 34.6 Å². The van der Waals surface area contributed by atoms with E-state index < -0.39 is 6.04 Å². The van der Waals surface area contributed by atoms with Crippen molar-refractivity contribution in [1.82, 2.24) is 0 Å². The molecule has 2 heteroatoms. The maximum atomic E-state index is 6.45. The van der Waals surface area contributed by atoms with Crippen LogP contribution >= 0.6 is 6.04 Å². The Morgan fingerprint density at radius 1 is 0.778 bits per heavy atom. The maximum absolute atomic E-state index is 6.45. The Kier molecular flexibility index (Phi) is 7.21. The number of benzene rings is 3. The van der Waals surface area contributed by atoms with Crippen molar-refractivity contribution in [2.75, 3.05) is 6.16 Å². The standard InChI is InChI=1S/C25H27PS/c1-2-3-13-23(20-22-14-7-4-8-15-22)21-26(27,24-16-9-5-10-17-24)25-18-11-6-12-19-25/h4-12,14-20H,2-3,13,21H2,1H3/b23-20+. The fraction of sp³-hybridized carbons (Fsp3) is 0.200. The molecule has 0 fully saturated rings. The van der Waals surface area contributed by atoms with E-state index >= 15 is 0 Å². The summed E-state index contributed by atoms with van der Waals surface area (Å²) < 4.78 is 0. The fourth-order valence-corrected chi connectivity index (χ4v) is 7.36. The van der Waals surface area contributed by atoms with Gasteiger partial charge in [-0.2, -0.15) is 0 Å². The first-order valence-electron chi connectivity index (χ1n) is 9.67. The van der Waals surface area contributed by atoms with Crippen LogP contribution in [0.4, 0.5) is 0 Å². The van der Waals surface area contributed by atoms with E-state index in [4.69, 9.17) is 11.8 Å². The van der Waals surface area contributed by atoms with Crippen molar-refractivity contribution in [3.63, 3.8) is 0 Å². The molecule has 0 spiro atoms. The van der Waals surface area contributed by atoms with Crippen LogP contribution in [0.1, 0.15) is 31.7 Å². The Balaban J connectivity index is 2.03. The number of hydrogen-bond acceptors (Lipinski definition) is 1. The Morgan fingerprint density at radius 3 is 1.74 bits per heavy atom. The van der Waals surface area contributed by atoms with Gasteiger partial charge in [0, 0.05) is 12.2 Å². The summed E-state index contributed by atoms with van der Waals surface area (Å²) in [7, 11) is 0. The van der Waals surface area contributed by atoms with Gasteiger partial charge in [-0.05, 0) is 29.0 Å². The molecule has 0 bridgehead atoms. The van der Waals surface area contributed by atoms with Crippen molar-refractivity contribution in [1.29, 1.82) is 0 Å². The zero-order chi connectivity index (χ0) is 19.0. The van der Waals surface area contributed by atoms with Crippen molar-refractivity contribution in [3.8, 4) is 0 Å². The highest BCUT2D eigenvalue weighted by molar-refractivity contribution is 8.22. The summed E-state index contributed by atoms with van der Waals surface area (Å²) in [5.74, 6) is 0. The van der Waals surface area contributed by atoms with E-state index in [2.05, 4.69) is 104 Å². The van der Waals surface area contributed by atoms with Crippen molar-refractivity contribution in [2.45, 2.75) is 26.2 Å². The van der Waals surface area contributed by atoms with Crippen LogP contribution in [-0.2, 0) is 11.8 Å². The molecule has 0 saturated carbocycles. The second-order valence-electron chi connectivity index (χ2n) is 6.89. The molecule has 0 aromatic heterocycles. The van der Waals surface area contributed by atoms with Gasteiger partial charge in [0.15, 0.2) is 0 Å². The minimum atomic E-state index is -1.89. The fourth-order valence-electron chi connectivity index (χ4n) is 3.34. The summed E-state index contributed by atoms with van der Waals surface area (Å²) in [4.78, 5) is 0. The Bertz CT molecular complexity index is 855. The third-order valence-electron chi connectivity index (χ3n) is 4.79. The molecule has 0 radical (unpaired) electrons. The zero-order valence-corrected chi connectivity index (χ0v) is 17.6.